The van der Waals surface area contributed by atoms with Gasteiger partial charge in [-0.2, -0.15) is 0 Å². The molecule has 0 radical (unpaired) electrons. The quantitative estimate of drug-likeness (QED) is 0.375. The minimum Gasteiger partial charge on any atom is -0.497 e. The molecule has 1 atom stereocenters. The molecule has 0 aliphatic carbocycles. The van der Waals surface area contributed by atoms with Crippen LogP contribution >= 0.6 is 11.3 Å². The Morgan fingerprint density at radius 2 is 1.84 bits per heavy atom. The molecule has 1 N–H and O–H groups in total. The zero-order chi connectivity index (χ0) is 27.2. The van der Waals surface area contributed by atoms with Gasteiger partial charge in [0.1, 0.15) is 11.5 Å². The molecule has 1 aromatic heterocycles. The summed E-state index contributed by atoms with van der Waals surface area (Å²) in [5.74, 6) is 0.327. The number of hydrogen-bond donors (Lipinski definition) is 1. The lowest BCUT2D eigenvalue weighted by Crippen LogP contribution is -2.48. The van der Waals surface area contributed by atoms with E-state index in [0.29, 0.717) is 22.9 Å². The molecule has 0 spiro atoms. The lowest BCUT2D eigenvalue weighted by atomic mass is 10.1. The van der Waals surface area contributed by atoms with Gasteiger partial charge in [0.15, 0.2) is 6.10 Å². The van der Waals surface area contributed by atoms with Gasteiger partial charge < -0.3 is 14.8 Å². The molecule has 38 heavy (non-hydrogen) atoms. The van der Waals surface area contributed by atoms with Gasteiger partial charge in [0.05, 0.1) is 34.5 Å². The lowest BCUT2D eigenvalue weighted by Gasteiger charge is -2.35. The second kappa shape index (κ2) is 9.80. The summed E-state index contributed by atoms with van der Waals surface area (Å²) in [6, 6.07) is 16.5. The molecule has 1 unspecified atom stereocenters. The normalized spacial score (nSPS) is 15.3. The van der Waals surface area contributed by atoms with E-state index in [1.54, 1.807) is 53.1 Å². The van der Waals surface area contributed by atoms with Crippen LogP contribution in [0.4, 0.5) is 11.4 Å². The zero-order valence-electron chi connectivity index (χ0n) is 21.3. The number of hydrogen-bond acceptors (Lipinski definition) is 7. The smallest absolute Gasteiger partial charge is 0.308 e. The van der Waals surface area contributed by atoms with E-state index in [2.05, 4.69) is 5.32 Å². The number of thiazole rings is 1. The van der Waals surface area contributed by atoms with Crippen LogP contribution in [0, 0.1) is 6.92 Å². The van der Waals surface area contributed by atoms with Crippen molar-refractivity contribution in [3.8, 4) is 11.5 Å². The van der Waals surface area contributed by atoms with Gasteiger partial charge in [-0.3, -0.25) is 18.5 Å². The third kappa shape index (κ3) is 4.63. The van der Waals surface area contributed by atoms with Crippen LogP contribution in [-0.2, 0) is 14.8 Å². The zero-order valence-corrected chi connectivity index (χ0v) is 22.9. The number of nitrogens with one attached hydrogen (secondary N) is 1. The SMILES string of the molecule is COc1ccc(S(=O)(=O)N2CC(C(=O)Nc3ccc4c(c3)sc(=O)n4C(C)C)Oc3ccc(C)cc32)cc1. The van der Waals surface area contributed by atoms with Crippen molar-refractivity contribution in [2.75, 3.05) is 23.3 Å². The molecular formula is C27H27N3O6S2. The molecule has 1 aliphatic rings. The van der Waals surface area contributed by atoms with Crippen molar-refractivity contribution in [3.63, 3.8) is 0 Å². The third-order valence-corrected chi connectivity index (χ3v) is 9.03. The third-order valence-electron chi connectivity index (χ3n) is 6.32. The summed E-state index contributed by atoms with van der Waals surface area (Å²) in [5, 5.41) is 2.82. The first-order chi connectivity index (χ1) is 18.1. The summed E-state index contributed by atoms with van der Waals surface area (Å²) < 4.78 is 42.2. The van der Waals surface area contributed by atoms with Crippen LogP contribution in [0.2, 0.25) is 0 Å². The van der Waals surface area contributed by atoms with Crippen molar-refractivity contribution in [2.45, 2.75) is 37.8 Å². The van der Waals surface area contributed by atoms with Gasteiger partial charge in [0.25, 0.3) is 15.9 Å². The van der Waals surface area contributed by atoms with Crippen LogP contribution in [0.3, 0.4) is 0 Å². The first kappa shape index (κ1) is 25.8. The van der Waals surface area contributed by atoms with Gasteiger partial charge in [0, 0.05) is 11.7 Å². The largest absolute Gasteiger partial charge is 0.497 e. The van der Waals surface area contributed by atoms with E-state index in [9.17, 15) is 18.0 Å². The van der Waals surface area contributed by atoms with Crippen LogP contribution in [0.15, 0.2) is 70.4 Å². The number of carbonyl (C=O) groups excluding carboxylic acids is 1. The minimum absolute atomic E-state index is 0.00895. The number of aryl methyl sites for hydroxylation is 1. The maximum absolute atomic E-state index is 13.7. The molecule has 11 heteroatoms. The predicted octanol–water partition coefficient (Wildman–Crippen LogP) is 4.56. The molecule has 3 aromatic carbocycles. The predicted molar refractivity (Wildman–Crippen MR) is 148 cm³/mol. The van der Waals surface area contributed by atoms with Crippen LogP contribution in [-0.4, -0.2) is 38.7 Å². The Hall–Kier alpha value is -3.83. The number of rotatable bonds is 6. The number of anilines is 2. The van der Waals surface area contributed by atoms with Crippen LogP contribution in [0.25, 0.3) is 10.2 Å². The molecule has 5 rings (SSSR count). The summed E-state index contributed by atoms with van der Waals surface area (Å²) >= 11 is 1.11. The van der Waals surface area contributed by atoms with Crippen LogP contribution in [0.5, 0.6) is 11.5 Å². The first-order valence-corrected chi connectivity index (χ1v) is 14.2. The number of fused-ring (bicyclic) bond motifs is 2. The lowest BCUT2D eigenvalue weighted by molar-refractivity contribution is -0.122. The second-order valence-corrected chi connectivity index (χ2v) is 12.1. The number of carbonyl (C=O) groups is 1. The molecule has 9 nitrogen and oxygen atoms in total. The topological polar surface area (TPSA) is 107 Å². The standard InChI is InChI=1S/C27H27N3O6S2/c1-16(2)30-21-11-6-18(14-25(21)37-27(30)32)28-26(31)24-15-29(22-13-17(3)5-12-23(22)36-24)38(33,34)20-9-7-19(35-4)8-10-20/h5-14,16,24H,15H2,1-4H3,(H,28,31). The molecule has 0 bridgehead atoms. The molecule has 0 saturated heterocycles. The van der Waals surface area contributed by atoms with Crippen LogP contribution in [0.1, 0.15) is 25.5 Å². The van der Waals surface area contributed by atoms with Gasteiger partial charge in [-0.15, -0.1) is 0 Å². The fourth-order valence-electron chi connectivity index (χ4n) is 4.43. The average Bonchev–Trinajstić information content (AvgIpc) is 3.23. The average molecular weight is 554 g/mol. The Balaban J connectivity index is 1.46. The number of benzene rings is 3. The van der Waals surface area contributed by atoms with Gasteiger partial charge >= 0.3 is 4.87 Å². The van der Waals surface area contributed by atoms with E-state index in [0.717, 1.165) is 27.1 Å². The number of aromatic nitrogens is 1. The molecule has 198 valence electrons. The Morgan fingerprint density at radius 1 is 1.11 bits per heavy atom. The molecule has 2 heterocycles. The summed E-state index contributed by atoms with van der Waals surface area (Å²) in [6.07, 6.45) is -1.10. The fourth-order valence-corrected chi connectivity index (χ4v) is 6.95. The molecule has 4 aromatic rings. The van der Waals surface area contributed by atoms with Gasteiger partial charge in [0.2, 0.25) is 0 Å². The van der Waals surface area contributed by atoms with Gasteiger partial charge in [-0.1, -0.05) is 17.4 Å². The Morgan fingerprint density at radius 3 is 2.53 bits per heavy atom. The Kier molecular flexibility index (Phi) is 6.66. The van der Waals surface area contributed by atoms with Crippen molar-refractivity contribution < 1.29 is 22.7 Å². The second-order valence-electron chi connectivity index (χ2n) is 9.29. The molecule has 1 amide bonds. The number of methoxy groups -OCH3 is 1. The highest BCUT2D eigenvalue weighted by molar-refractivity contribution is 7.92. The highest BCUT2D eigenvalue weighted by Gasteiger charge is 2.37. The maximum atomic E-state index is 13.7. The molecule has 1 aliphatic heterocycles. The maximum Gasteiger partial charge on any atom is 0.308 e. The number of ether oxygens (including phenoxy) is 2. The summed E-state index contributed by atoms with van der Waals surface area (Å²) in [6.45, 7) is 5.52. The molecule has 0 saturated carbocycles. The Bertz CT molecular complexity index is 1690. The number of sulfonamides is 1. The van der Waals surface area contributed by atoms with Crippen molar-refractivity contribution in [1.29, 1.82) is 0 Å². The number of nitrogens with zero attached hydrogens (tertiary/aromatic N) is 2. The van der Waals surface area contributed by atoms with E-state index in [4.69, 9.17) is 9.47 Å². The van der Waals surface area contributed by atoms with Crippen molar-refractivity contribution in [3.05, 3.63) is 75.9 Å². The minimum atomic E-state index is -4.01. The van der Waals surface area contributed by atoms with E-state index in [-0.39, 0.29) is 22.4 Å². The van der Waals surface area contributed by atoms with Crippen molar-refractivity contribution in [1.82, 2.24) is 4.57 Å². The van der Waals surface area contributed by atoms with E-state index < -0.39 is 22.0 Å². The van der Waals surface area contributed by atoms with E-state index in [1.165, 1.54) is 23.5 Å². The summed E-state index contributed by atoms with van der Waals surface area (Å²) in [5.41, 5.74) is 2.50. The van der Waals surface area contributed by atoms with Gasteiger partial charge in [-0.25, -0.2) is 8.42 Å². The van der Waals surface area contributed by atoms with Gasteiger partial charge in [-0.05, 0) is 80.9 Å². The molecular weight excluding hydrogens is 526 g/mol. The first-order valence-electron chi connectivity index (χ1n) is 12.0. The summed E-state index contributed by atoms with van der Waals surface area (Å²) in [4.78, 5) is 25.7. The summed E-state index contributed by atoms with van der Waals surface area (Å²) in [7, 11) is -2.51. The molecule has 0 fully saturated rings. The highest BCUT2D eigenvalue weighted by Crippen LogP contribution is 2.38. The van der Waals surface area contributed by atoms with Crippen LogP contribution < -0.4 is 24.0 Å². The number of amides is 1. The van der Waals surface area contributed by atoms with Crippen molar-refractivity contribution >= 4 is 48.9 Å². The monoisotopic (exact) mass is 553 g/mol. The van der Waals surface area contributed by atoms with E-state index in [1.807, 2.05) is 20.8 Å². The Labute approximate surface area is 224 Å². The highest BCUT2D eigenvalue weighted by atomic mass is 32.2. The van der Waals surface area contributed by atoms with E-state index >= 15 is 0 Å². The van der Waals surface area contributed by atoms with Crippen molar-refractivity contribution in [2.24, 2.45) is 0 Å². The fraction of sp³-hybridized carbons (Fsp3) is 0.259.